The van der Waals surface area contributed by atoms with E-state index in [2.05, 4.69) is 84.3 Å². The Kier molecular flexibility index (Phi) is 3.83. The molecular formula is C25H20. The maximum Gasteiger partial charge on any atom is 0.0433 e. The van der Waals surface area contributed by atoms with Gasteiger partial charge in [0, 0.05) is 18.3 Å². The third-order valence-electron chi connectivity index (χ3n) is 5.27. The van der Waals surface area contributed by atoms with Crippen molar-refractivity contribution in [3.8, 4) is 34.8 Å². The summed E-state index contributed by atoms with van der Waals surface area (Å²) in [7, 11) is 0. The van der Waals surface area contributed by atoms with E-state index in [1.54, 1.807) is 0 Å². The molecule has 25 heavy (non-hydrogen) atoms. The molecule has 0 atom stereocenters. The molecule has 0 radical (unpaired) electrons. The van der Waals surface area contributed by atoms with Crippen LogP contribution in [-0.2, 0) is 5.41 Å². The third kappa shape index (κ3) is 2.34. The van der Waals surface area contributed by atoms with Crippen molar-refractivity contribution < 1.29 is 0 Å². The summed E-state index contributed by atoms with van der Waals surface area (Å²) in [6.45, 7) is 3.84. The van der Waals surface area contributed by atoms with Crippen LogP contribution < -0.4 is 0 Å². The van der Waals surface area contributed by atoms with Gasteiger partial charge in [0.2, 0.25) is 0 Å². The summed E-state index contributed by atoms with van der Waals surface area (Å²) in [6.07, 6.45) is 1.61. The standard InChI is InChI=1S/C25H20/c1-3-5-15-25(16-6-4-2)23-14-10-9-13-21(23)22-17-19-11-7-8-12-20(19)18-24(22)25/h7-14,17-18H,15-16H2,1-2H3. The molecule has 0 amide bonds. The van der Waals surface area contributed by atoms with Crippen LogP contribution in [0.2, 0.25) is 0 Å². The number of hydrogen-bond acceptors (Lipinski definition) is 0. The van der Waals surface area contributed by atoms with E-state index in [1.165, 1.54) is 33.0 Å². The van der Waals surface area contributed by atoms with Gasteiger partial charge in [-0.25, -0.2) is 0 Å². The molecule has 0 aliphatic heterocycles. The topological polar surface area (TPSA) is 0 Å². The van der Waals surface area contributed by atoms with Crippen molar-refractivity contribution in [2.75, 3.05) is 0 Å². The molecule has 0 aromatic heterocycles. The lowest BCUT2D eigenvalue weighted by molar-refractivity contribution is 0.560. The van der Waals surface area contributed by atoms with Crippen LogP contribution in [-0.4, -0.2) is 0 Å². The molecule has 0 heteroatoms. The number of hydrogen-bond donors (Lipinski definition) is 0. The molecule has 1 aliphatic rings. The highest BCUT2D eigenvalue weighted by atomic mass is 14.4. The Hall–Kier alpha value is -2.96. The van der Waals surface area contributed by atoms with Gasteiger partial charge in [0.25, 0.3) is 0 Å². The van der Waals surface area contributed by atoms with E-state index in [9.17, 15) is 0 Å². The fraction of sp³-hybridized carbons (Fsp3) is 0.200. The summed E-state index contributed by atoms with van der Waals surface area (Å²) in [4.78, 5) is 0. The second-order valence-electron chi connectivity index (χ2n) is 6.58. The van der Waals surface area contributed by atoms with Gasteiger partial charge < -0.3 is 0 Å². The summed E-state index contributed by atoms with van der Waals surface area (Å²) in [5, 5.41) is 2.57. The molecule has 0 saturated carbocycles. The van der Waals surface area contributed by atoms with Crippen molar-refractivity contribution in [3.05, 3.63) is 71.8 Å². The average molecular weight is 320 g/mol. The van der Waals surface area contributed by atoms with Gasteiger partial charge in [-0.2, -0.15) is 0 Å². The van der Waals surface area contributed by atoms with Crippen molar-refractivity contribution in [3.63, 3.8) is 0 Å². The molecule has 0 unspecified atom stereocenters. The highest BCUT2D eigenvalue weighted by molar-refractivity contribution is 5.93. The molecule has 3 aromatic rings. The van der Waals surface area contributed by atoms with Crippen LogP contribution in [0.25, 0.3) is 21.9 Å². The molecule has 0 heterocycles. The second kappa shape index (κ2) is 6.16. The molecule has 120 valence electrons. The monoisotopic (exact) mass is 320 g/mol. The summed E-state index contributed by atoms with van der Waals surface area (Å²) < 4.78 is 0. The molecule has 0 nitrogen and oxygen atoms in total. The Labute approximate surface area is 149 Å². The summed E-state index contributed by atoms with van der Waals surface area (Å²) in [5.41, 5.74) is 5.27. The highest BCUT2D eigenvalue weighted by Gasteiger charge is 2.42. The molecule has 4 rings (SSSR count). The summed E-state index contributed by atoms with van der Waals surface area (Å²) in [6, 6.07) is 22.1. The van der Waals surface area contributed by atoms with E-state index in [1.807, 2.05) is 13.8 Å². The summed E-state index contributed by atoms with van der Waals surface area (Å²) >= 11 is 0. The van der Waals surface area contributed by atoms with E-state index >= 15 is 0 Å². The first-order valence-corrected chi connectivity index (χ1v) is 8.72. The van der Waals surface area contributed by atoms with Crippen molar-refractivity contribution >= 4 is 10.8 Å². The molecule has 0 spiro atoms. The lowest BCUT2D eigenvalue weighted by Gasteiger charge is -2.28. The molecule has 0 saturated heterocycles. The van der Waals surface area contributed by atoms with Gasteiger partial charge in [0.15, 0.2) is 0 Å². The highest BCUT2D eigenvalue weighted by Crippen LogP contribution is 2.53. The van der Waals surface area contributed by atoms with Crippen molar-refractivity contribution in [1.29, 1.82) is 0 Å². The van der Waals surface area contributed by atoms with Gasteiger partial charge in [-0.15, -0.1) is 23.7 Å². The van der Waals surface area contributed by atoms with Crippen LogP contribution in [0.5, 0.6) is 0 Å². The van der Waals surface area contributed by atoms with E-state index in [0.29, 0.717) is 0 Å². The zero-order chi connectivity index (χ0) is 17.3. The lowest BCUT2D eigenvalue weighted by atomic mass is 9.73. The van der Waals surface area contributed by atoms with Crippen LogP contribution in [0.4, 0.5) is 0 Å². The zero-order valence-corrected chi connectivity index (χ0v) is 14.7. The average Bonchev–Trinajstić information content (AvgIpc) is 2.93. The second-order valence-corrected chi connectivity index (χ2v) is 6.58. The van der Waals surface area contributed by atoms with Crippen molar-refractivity contribution in [2.45, 2.75) is 32.1 Å². The van der Waals surface area contributed by atoms with Gasteiger partial charge in [-0.3, -0.25) is 0 Å². The van der Waals surface area contributed by atoms with Gasteiger partial charge >= 0.3 is 0 Å². The number of rotatable bonds is 2. The van der Waals surface area contributed by atoms with Crippen molar-refractivity contribution in [2.24, 2.45) is 0 Å². The largest absolute Gasteiger partial charge is 0.107 e. The van der Waals surface area contributed by atoms with E-state index in [-0.39, 0.29) is 5.41 Å². The zero-order valence-electron chi connectivity index (χ0n) is 14.7. The normalized spacial score (nSPS) is 13.2. The molecule has 3 aromatic carbocycles. The first-order valence-electron chi connectivity index (χ1n) is 8.72. The van der Waals surface area contributed by atoms with Crippen LogP contribution in [0.1, 0.15) is 37.8 Å². The third-order valence-corrected chi connectivity index (χ3v) is 5.27. The number of fused-ring (bicyclic) bond motifs is 4. The van der Waals surface area contributed by atoms with E-state index in [4.69, 9.17) is 0 Å². The molecule has 1 aliphatic carbocycles. The fourth-order valence-corrected chi connectivity index (χ4v) is 4.06. The minimum atomic E-state index is -0.137. The lowest BCUT2D eigenvalue weighted by Crippen LogP contribution is -2.24. The maximum absolute atomic E-state index is 3.35. The Morgan fingerprint density at radius 2 is 1.28 bits per heavy atom. The van der Waals surface area contributed by atoms with Crippen LogP contribution in [0.3, 0.4) is 0 Å². The maximum atomic E-state index is 3.35. The van der Waals surface area contributed by atoms with Crippen LogP contribution in [0.15, 0.2) is 60.7 Å². The van der Waals surface area contributed by atoms with Gasteiger partial charge in [-0.1, -0.05) is 48.5 Å². The molecule has 0 fully saturated rings. The predicted molar refractivity (Wildman–Crippen MR) is 106 cm³/mol. The van der Waals surface area contributed by atoms with Gasteiger partial charge in [0.05, 0.1) is 0 Å². The fourth-order valence-electron chi connectivity index (χ4n) is 4.06. The Morgan fingerprint density at radius 1 is 0.680 bits per heavy atom. The Balaban J connectivity index is 2.08. The van der Waals surface area contributed by atoms with Crippen molar-refractivity contribution in [1.82, 2.24) is 0 Å². The number of benzene rings is 3. The summed E-state index contributed by atoms with van der Waals surface area (Å²) in [5.74, 6) is 12.9. The van der Waals surface area contributed by atoms with E-state index < -0.39 is 0 Å². The Bertz CT molecular complexity index is 1060. The Morgan fingerprint density at radius 3 is 1.96 bits per heavy atom. The quantitative estimate of drug-likeness (QED) is 0.513. The smallest absolute Gasteiger partial charge is 0.0433 e. The minimum absolute atomic E-state index is 0.137. The molecule has 0 N–H and O–H groups in total. The minimum Gasteiger partial charge on any atom is -0.107 e. The predicted octanol–water partition coefficient (Wildman–Crippen LogP) is 5.93. The first-order chi connectivity index (χ1) is 12.3. The molecular weight excluding hydrogens is 300 g/mol. The molecule has 0 bridgehead atoms. The SMILES string of the molecule is CC#CCC1(CC#CC)c2ccccc2-c2cc3ccccc3cc21. The van der Waals surface area contributed by atoms with Gasteiger partial charge in [0.1, 0.15) is 0 Å². The first kappa shape index (κ1) is 15.6. The van der Waals surface area contributed by atoms with Gasteiger partial charge in [-0.05, 0) is 59.0 Å². The van der Waals surface area contributed by atoms with Crippen LogP contribution >= 0.6 is 0 Å². The van der Waals surface area contributed by atoms with E-state index in [0.717, 1.165) is 12.8 Å². The van der Waals surface area contributed by atoms with Crippen LogP contribution in [0, 0.1) is 23.7 Å².